The highest BCUT2D eigenvalue weighted by Crippen LogP contribution is 2.39. The summed E-state index contributed by atoms with van der Waals surface area (Å²) < 4.78 is 0. The molecule has 0 radical (unpaired) electrons. The van der Waals surface area contributed by atoms with E-state index < -0.39 is 23.4 Å². The molecule has 0 heterocycles. The van der Waals surface area contributed by atoms with Crippen molar-refractivity contribution in [2.45, 2.75) is 143 Å². The fraction of sp³-hybridized carbons (Fsp3) is 0.931. The van der Waals surface area contributed by atoms with Gasteiger partial charge in [-0.1, -0.05) is 112 Å². The molecule has 0 aromatic carbocycles. The summed E-state index contributed by atoms with van der Waals surface area (Å²) in [6.45, 7) is 14.0. The molecule has 0 fully saturated rings. The smallest absolute Gasteiger partial charge is 0.308 e. The zero-order valence-corrected chi connectivity index (χ0v) is 23.3. The highest BCUT2D eigenvalue weighted by Gasteiger charge is 2.46. The summed E-state index contributed by atoms with van der Waals surface area (Å²) in [5.41, 5.74) is -0.688. The number of nitrogens with one attached hydrogen (secondary N) is 1. The van der Waals surface area contributed by atoms with Crippen LogP contribution in [0.1, 0.15) is 138 Å². The van der Waals surface area contributed by atoms with Gasteiger partial charge in [-0.05, 0) is 43.6 Å². The lowest BCUT2D eigenvalue weighted by Gasteiger charge is -2.45. The first-order chi connectivity index (χ1) is 16.2. The monoisotopic (exact) mass is 483 g/mol. The van der Waals surface area contributed by atoms with Crippen molar-refractivity contribution in [2.24, 2.45) is 23.7 Å². The summed E-state index contributed by atoms with van der Waals surface area (Å²) in [6.07, 6.45) is 14.4. The zero-order valence-electron chi connectivity index (χ0n) is 23.3. The molecule has 0 amide bonds. The topological polar surface area (TPSA) is 86.6 Å². The predicted molar refractivity (Wildman–Crippen MR) is 143 cm³/mol. The van der Waals surface area contributed by atoms with E-state index >= 15 is 0 Å². The van der Waals surface area contributed by atoms with Gasteiger partial charge in [0.15, 0.2) is 0 Å². The minimum atomic E-state index is -1.01. The first-order valence-electron chi connectivity index (χ1n) is 14.4. The van der Waals surface area contributed by atoms with Gasteiger partial charge in [0.25, 0.3) is 0 Å². The molecule has 3 N–H and O–H groups in total. The molecule has 0 saturated carbocycles. The average molecular weight is 484 g/mol. The summed E-state index contributed by atoms with van der Waals surface area (Å²) >= 11 is 0. The lowest BCUT2D eigenvalue weighted by molar-refractivity contribution is -0.152. The first-order valence-corrected chi connectivity index (χ1v) is 14.4. The Morgan fingerprint density at radius 3 is 1.44 bits per heavy atom. The Hall–Kier alpha value is -1.10. The molecule has 0 aliphatic carbocycles. The van der Waals surface area contributed by atoms with Gasteiger partial charge in [0.05, 0.1) is 12.3 Å². The average Bonchev–Trinajstić information content (AvgIpc) is 2.82. The molecule has 5 nitrogen and oxygen atoms in total. The molecule has 0 aromatic heterocycles. The standard InChI is InChI=1S/C29H57NO4/c1-7-13-16-23(10-4)20-29(21-24(11-5)17-14-8-2,26(28(33)34)19-27(31)32)30-22-25(12-6)18-15-9-3/h23-26,30H,7-22H2,1-6H3,(H,31,32)(H,33,34). The molecule has 4 unspecified atom stereocenters. The summed E-state index contributed by atoms with van der Waals surface area (Å²) in [7, 11) is 0. The zero-order chi connectivity index (χ0) is 26.0. The number of carbonyl (C=O) groups is 2. The molecule has 0 saturated heterocycles. The second-order valence-corrected chi connectivity index (χ2v) is 10.7. The third-order valence-corrected chi connectivity index (χ3v) is 8.02. The van der Waals surface area contributed by atoms with Crippen molar-refractivity contribution >= 4 is 11.9 Å². The number of unbranched alkanes of at least 4 members (excludes halogenated alkanes) is 3. The van der Waals surface area contributed by atoms with Crippen molar-refractivity contribution in [1.29, 1.82) is 0 Å². The highest BCUT2D eigenvalue weighted by atomic mass is 16.4. The van der Waals surface area contributed by atoms with Crippen molar-refractivity contribution < 1.29 is 19.8 Å². The van der Waals surface area contributed by atoms with E-state index in [1.54, 1.807) is 0 Å². The molecule has 0 aromatic rings. The maximum absolute atomic E-state index is 12.6. The van der Waals surface area contributed by atoms with Crippen LogP contribution in [0.25, 0.3) is 0 Å². The van der Waals surface area contributed by atoms with E-state index in [-0.39, 0.29) is 6.42 Å². The predicted octanol–water partition coefficient (Wildman–Crippen LogP) is 7.92. The number of aliphatic carboxylic acids is 2. The van der Waals surface area contributed by atoms with Crippen LogP contribution in [0, 0.1) is 23.7 Å². The lowest BCUT2D eigenvalue weighted by atomic mass is 9.68. The molecular weight excluding hydrogens is 426 g/mol. The van der Waals surface area contributed by atoms with E-state index in [2.05, 4.69) is 46.9 Å². The van der Waals surface area contributed by atoms with Gasteiger partial charge in [0, 0.05) is 5.54 Å². The molecule has 0 rings (SSSR count). The SMILES string of the molecule is CCCCC(CC)CNC(CC(CC)CCCC)(CC(CC)CCCC)C(CC(=O)O)C(=O)O. The van der Waals surface area contributed by atoms with Crippen LogP contribution >= 0.6 is 0 Å². The van der Waals surface area contributed by atoms with Gasteiger partial charge >= 0.3 is 11.9 Å². The van der Waals surface area contributed by atoms with Gasteiger partial charge in [-0.15, -0.1) is 0 Å². The Bertz CT molecular complexity index is 518. The number of hydrogen-bond acceptors (Lipinski definition) is 3. The number of carboxylic acid groups (broad SMARTS) is 2. The fourth-order valence-electron chi connectivity index (χ4n) is 5.54. The van der Waals surface area contributed by atoms with E-state index in [1.807, 2.05) is 0 Å². The van der Waals surface area contributed by atoms with Gasteiger partial charge in [-0.3, -0.25) is 9.59 Å². The van der Waals surface area contributed by atoms with Crippen LogP contribution in [0.3, 0.4) is 0 Å². The molecule has 34 heavy (non-hydrogen) atoms. The maximum atomic E-state index is 12.6. The molecule has 0 aliphatic heterocycles. The summed E-state index contributed by atoms with van der Waals surface area (Å²) in [6, 6.07) is 0. The molecule has 4 atom stereocenters. The van der Waals surface area contributed by atoms with E-state index in [9.17, 15) is 19.8 Å². The van der Waals surface area contributed by atoms with Crippen LogP contribution < -0.4 is 5.32 Å². The summed E-state index contributed by atoms with van der Waals surface area (Å²) in [5, 5.41) is 23.9. The molecule has 202 valence electrons. The Balaban J connectivity index is 6.34. The minimum Gasteiger partial charge on any atom is -0.481 e. The summed E-state index contributed by atoms with van der Waals surface area (Å²) in [5.74, 6) is -1.60. The fourth-order valence-corrected chi connectivity index (χ4v) is 5.54. The van der Waals surface area contributed by atoms with E-state index in [0.717, 1.165) is 90.0 Å². The Morgan fingerprint density at radius 1 is 0.706 bits per heavy atom. The molecule has 0 spiro atoms. The van der Waals surface area contributed by atoms with E-state index in [4.69, 9.17) is 0 Å². The van der Waals surface area contributed by atoms with Crippen LogP contribution in [0.4, 0.5) is 0 Å². The second-order valence-electron chi connectivity index (χ2n) is 10.7. The third kappa shape index (κ3) is 12.6. The minimum absolute atomic E-state index is 0.317. The Morgan fingerprint density at radius 2 is 1.12 bits per heavy atom. The van der Waals surface area contributed by atoms with Gasteiger partial charge in [0.2, 0.25) is 0 Å². The Kier molecular flexibility index (Phi) is 18.5. The van der Waals surface area contributed by atoms with Crippen molar-refractivity contribution in [3.8, 4) is 0 Å². The van der Waals surface area contributed by atoms with Gasteiger partial charge in [-0.2, -0.15) is 0 Å². The molecule has 0 aliphatic rings. The Labute approximate surface area is 210 Å². The van der Waals surface area contributed by atoms with Gasteiger partial charge in [0.1, 0.15) is 0 Å². The number of carboxylic acids is 2. The highest BCUT2D eigenvalue weighted by molar-refractivity contribution is 5.79. The quantitative estimate of drug-likeness (QED) is 0.137. The van der Waals surface area contributed by atoms with Crippen LogP contribution in [0.15, 0.2) is 0 Å². The molecule has 5 heteroatoms. The van der Waals surface area contributed by atoms with Gasteiger partial charge in [-0.25, -0.2) is 0 Å². The largest absolute Gasteiger partial charge is 0.481 e. The molecular formula is C29H57NO4. The molecule has 0 bridgehead atoms. The van der Waals surface area contributed by atoms with Crippen LogP contribution in [-0.4, -0.2) is 34.2 Å². The first kappa shape index (κ1) is 32.9. The van der Waals surface area contributed by atoms with Crippen LogP contribution in [0.2, 0.25) is 0 Å². The van der Waals surface area contributed by atoms with Crippen molar-refractivity contribution in [3.63, 3.8) is 0 Å². The third-order valence-electron chi connectivity index (χ3n) is 8.02. The van der Waals surface area contributed by atoms with Crippen molar-refractivity contribution in [1.82, 2.24) is 5.32 Å². The number of rotatable bonds is 23. The number of hydrogen-bond donors (Lipinski definition) is 3. The van der Waals surface area contributed by atoms with Gasteiger partial charge < -0.3 is 15.5 Å². The van der Waals surface area contributed by atoms with Crippen molar-refractivity contribution in [2.75, 3.05) is 6.54 Å². The van der Waals surface area contributed by atoms with Crippen LogP contribution in [-0.2, 0) is 9.59 Å². The van der Waals surface area contributed by atoms with Crippen molar-refractivity contribution in [3.05, 3.63) is 0 Å². The lowest BCUT2D eigenvalue weighted by Crippen LogP contribution is -2.57. The van der Waals surface area contributed by atoms with E-state index in [0.29, 0.717) is 17.8 Å². The maximum Gasteiger partial charge on any atom is 0.308 e. The summed E-state index contributed by atoms with van der Waals surface area (Å²) in [4.78, 5) is 24.5. The van der Waals surface area contributed by atoms with E-state index in [1.165, 1.54) is 6.42 Å². The normalized spacial score (nSPS) is 17.0. The second kappa shape index (κ2) is 19.1. The van der Waals surface area contributed by atoms with Crippen LogP contribution in [0.5, 0.6) is 0 Å².